The number of halogens is 1. The lowest BCUT2D eigenvalue weighted by atomic mass is 10.2. The highest BCUT2D eigenvalue weighted by atomic mass is 19.1. The molecule has 0 aromatic heterocycles. The van der Waals surface area contributed by atoms with Crippen LogP contribution in [0.1, 0.15) is 12.0 Å². The molecule has 4 heteroatoms. The van der Waals surface area contributed by atoms with E-state index < -0.39 is 0 Å². The van der Waals surface area contributed by atoms with Crippen LogP contribution in [0.25, 0.3) is 0 Å². The summed E-state index contributed by atoms with van der Waals surface area (Å²) < 4.78 is 12.6. The molecule has 1 amide bonds. The van der Waals surface area contributed by atoms with E-state index in [4.69, 9.17) is 5.73 Å². The minimum Gasteiger partial charge on any atom is -0.369 e. The maximum atomic E-state index is 12.6. The van der Waals surface area contributed by atoms with Gasteiger partial charge in [0, 0.05) is 5.56 Å². The van der Waals surface area contributed by atoms with Crippen molar-refractivity contribution < 1.29 is 14.1 Å². The highest BCUT2D eigenvalue weighted by molar-refractivity contribution is 5.73. The van der Waals surface area contributed by atoms with Crippen molar-refractivity contribution in [2.75, 3.05) is 13.6 Å². The van der Waals surface area contributed by atoms with Gasteiger partial charge in [0.15, 0.2) is 0 Å². The summed E-state index contributed by atoms with van der Waals surface area (Å²) in [6, 6.07) is 6.39. The predicted molar refractivity (Wildman–Crippen MR) is 55.7 cm³/mol. The Hall–Kier alpha value is -1.42. The standard InChI is InChI=1S/C11H15FN2O/c1-14(7-6-11(13)15)8-9-2-4-10(12)5-3-9/h2-5H,6-8H2,1H3,(H2,13,15)/p+1. The van der Waals surface area contributed by atoms with Crippen molar-refractivity contribution in [3.63, 3.8) is 0 Å². The molecule has 0 fully saturated rings. The van der Waals surface area contributed by atoms with Gasteiger partial charge in [0.25, 0.3) is 0 Å². The molecule has 0 saturated carbocycles. The zero-order valence-corrected chi connectivity index (χ0v) is 8.79. The fourth-order valence-corrected chi connectivity index (χ4v) is 1.38. The molecular weight excluding hydrogens is 195 g/mol. The molecule has 0 spiro atoms. The highest BCUT2D eigenvalue weighted by Crippen LogP contribution is 2.00. The molecule has 0 bridgehead atoms. The Labute approximate surface area is 88.7 Å². The number of hydrogen-bond acceptors (Lipinski definition) is 1. The number of nitrogens with one attached hydrogen (secondary N) is 1. The molecule has 0 aliphatic heterocycles. The van der Waals surface area contributed by atoms with Gasteiger partial charge in [-0.3, -0.25) is 4.79 Å². The second kappa shape index (κ2) is 5.46. The van der Waals surface area contributed by atoms with E-state index in [1.54, 1.807) is 12.1 Å². The molecule has 0 radical (unpaired) electrons. The van der Waals surface area contributed by atoms with Gasteiger partial charge in [-0.25, -0.2) is 4.39 Å². The molecule has 3 nitrogen and oxygen atoms in total. The molecule has 1 aromatic rings. The zero-order valence-electron chi connectivity index (χ0n) is 8.79. The van der Waals surface area contributed by atoms with E-state index in [2.05, 4.69) is 0 Å². The van der Waals surface area contributed by atoms with Gasteiger partial charge in [-0.15, -0.1) is 0 Å². The third-order valence-electron chi connectivity index (χ3n) is 2.22. The Morgan fingerprint density at radius 2 is 2.00 bits per heavy atom. The third-order valence-corrected chi connectivity index (χ3v) is 2.22. The first kappa shape index (κ1) is 11.7. The van der Waals surface area contributed by atoms with Gasteiger partial charge in [-0.2, -0.15) is 0 Å². The third kappa shape index (κ3) is 4.56. The number of rotatable bonds is 5. The molecule has 0 saturated heterocycles. The van der Waals surface area contributed by atoms with E-state index in [0.717, 1.165) is 12.1 Å². The van der Waals surface area contributed by atoms with Crippen molar-refractivity contribution in [3.05, 3.63) is 35.6 Å². The molecule has 1 atom stereocenters. The van der Waals surface area contributed by atoms with Gasteiger partial charge in [-0.05, 0) is 12.1 Å². The van der Waals surface area contributed by atoms with Crippen molar-refractivity contribution >= 4 is 5.91 Å². The van der Waals surface area contributed by atoms with Crippen molar-refractivity contribution in [1.82, 2.24) is 0 Å². The van der Waals surface area contributed by atoms with Crippen LogP contribution < -0.4 is 10.6 Å². The van der Waals surface area contributed by atoms with Crippen molar-refractivity contribution in [1.29, 1.82) is 0 Å². The van der Waals surface area contributed by atoms with Crippen LogP contribution in [0.2, 0.25) is 0 Å². The molecule has 0 aliphatic carbocycles. The van der Waals surface area contributed by atoms with Gasteiger partial charge in [-0.1, -0.05) is 12.1 Å². The minimum absolute atomic E-state index is 0.228. The highest BCUT2D eigenvalue weighted by Gasteiger charge is 2.05. The van der Waals surface area contributed by atoms with Crippen molar-refractivity contribution in [2.24, 2.45) is 5.73 Å². The quantitative estimate of drug-likeness (QED) is 0.691. The Balaban J connectivity index is 2.40. The van der Waals surface area contributed by atoms with Gasteiger partial charge in [0.05, 0.1) is 20.0 Å². The first-order valence-electron chi connectivity index (χ1n) is 4.92. The summed E-state index contributed by atoms with van der Waals surface area (Å²) in [7, 11) is 1.98. The summed E-state index contributed by atoms with van der Waals surface area (Å²) in [4.78, 5) is 11.7. The Bertz CT molecular complexity index is 324. The van der Waals surface area contributed by atoms with Gasteiger partial charge in [0.2, 0.25) is 5.91 Å². The molecule has 0 heterocycles. The number of carbonyl (C=O) groups is 1. The molecule has 1 rings (SSSR count). The fourth-order valence-electron chi connectivity index (χ4n) is 1.38. The monoisotopic (exact) mass is 211 g/mol. The van der Waals surface area contributed by atoms with Gasteiger partial charge in [0.1, 0.15) is 12.4 Å². The number of amides is 1. The smallest absolute Gasteiger partial charge is 0.223 e. The fraction of sp³-hybridized carbons (Fsp3) is 0.364. The van der Waals surface area contributed by atoms with E-state index in [9.17, 15) is 9.18 Å². The van der Waals surface area contributed by atoms with Crippen LogP contribution in [-0.2, 0) is 11.3 Å². The Morgan fingerprint density at radius 1 is 1.40 bits per heavy atom. The summed E-state index contributed by atoms with van der Waals surface area (Å²) >= 11 is 0. The van der Waals surface area contributed by atoms with E-state index >= 15 is 0 Å². The van der Waals surface area contributed by atoms with Crippen molar-refractivity contribution in [3.8, 4) is 0 Å². The second-order valence-corrected chi connectivity index (χ2v) is 3.73. The number of benzene rings is 1. The topological polar surface area (TPSA) is 47.5 Å². The largest absolute Gasteiger partial charge is 0.369 e. The van der Waals surface area contributed by atoms with Crippen molar-refractivity contribution in [2.45, 2.75) is 13.0 Å². The summed E-state index contributed by atoms with van der Waals surface area (Å²) in [5.74, 6) is -0.512. The number of hydrogen-bond donors (Lipinski definition) is 2. The summed E-state index contributed by atoms with van der Waals surface area (Å²) in [6.07, 6.45) is 0.382. The maximum Gasteiger partial charge on any atom is 0.223 e. The minimum atomic E-state index is -0.284. The maximum absolute atomic E-state index is 12.6. The second-order valence-electron chi connectivity index (χ2n) is 3.73. The molecule has 15 heavy (non-hydrogen) atoms. The summed E-state index contributed by atoms with van der Waals surface area (Å²) in [5, 5.41) is 0. The molecule has 1 unspecified atom stereocenters. The molecule has 3 N–H and O–H groups in total. The van der Waals surface area contributed by atoms with E-state index in [-0.39, 0.29) is 11.7 Å². The van der Waals surface area contributed by atoms with Crippen LogP contribution in [0, 0.1) is 5.82 Å². The molecule has 0 aliphatic rings. The first-order chi connectivity index (χ1) is 7.08. The van der Waals surface area contributed by atoms with E-state index in [0.29, 0.717) is 13.0 Å². The summed E-state index contributed by atoms with van der Waals surface area (Å²) in [5.41, 5.74) is 6.11. The molecule has 1 aromatic carbocycles. The average Bonchev–Trinajstić information content (AvgIpc) is 2.19. The lowest BCUT2D eigenvalue weighted by Crippen LogP contribution is -3.07. The van der Waals surface area contributed by atoms with Gasteiger partial charge < -0.3 is 10.6 Å². The zero-order chi connectivity index (χ0) is 11.3. The molecule has 82 valence electrons. The van der Waals surface area contributed by atoms with Gasteiger partial charge >= 0.3 is 0 Å². The summed E-state index contributed by atoms with van der Waals surface area (Å²) in [6.45, 7) is 1.47. The average molecular weight is 211 g/mol. The van der Waals surface area contributed by atoms with Crippen LogP contribution >= 0.6 is 0 Å². The van der Waals surface area contributed by atoms with Crippen LogP contribution in [0.3, 0.4) is 0 Å². The number of nitrogens with two attached hydrogens (primary N) is 1. The lowest BCUT2D eigenvalue weighted by molar-refractivity contribution is -0.893. The SMILES string of the molecule is C[NH+](CCC(N)=O)Cc1ccc(F)cc1. The van der Waals surface area contributed by atoms with E-state index in [1.165, 1.54) is 17.0 Å². The first-order valence-corrected chi connectivity index (χ1v) is 4.92. The van der Waals surface area contributed by atoms with Crippen LogP contribution in [0.15, 0.2) is 24.3 Å². The van der Waals surface area contributed by atoms with Crippen LogP contribution in [0.5, 0.6) is 0 Å². The Morgan fingerprint density at radius 3 is 2.53 bits per heavy atom. The predicted octanol–water partition coefficient (Wildman–Crippen LogP) is -0.284. The number of carbonyl (C=O) groups excluding carboxylic acids is 1. The van der Waals surface area contributed by atoms with Crippen LogP contribution in [-0.4, -0.2) is 19.5 Å². The lowest BCUT2D eigenvalue weighted by Gasteiger charge is -2.12. The Kier molecular flexibility index (Phi) is 4.24. The normalized spacial score (nSPS) is 12.4. The number of primary amides is 1. The van der Waals surface area contributed by atoms with E-state index in [1.807, 2.05) is 7.05 Å². The number of quaternary nitrogens is 1. The molecular formula is C11H16FN2O+. The van der Waals surface area contributed by atoms with Crippen LogP contribution in [0.4, 0.5) is 4.39 Å².